The lowest BCUT2D eigenvalue weighted by atomic mass is 9.92. The number of hydrogen-bond acceptors (Lipinski definition) is 4. The number of nitrogens with zero attached hydrogens (tertiary/aromatic N) is 2. The number of amides is 2. The van der Waals surface area contributed by atoms with E-state index in [-0.39, 0.29) is 30.2 Å². The second-order valence-electron chi connectivity index (χ2n) is 6.30. The van der Waals surface area contributed by atoms with Crippen molar-refractivity contribution in [3.05, 3.63) is 29.8 Å². The smallest absolute Gasteiger partial charge is 0.226 e. The lowest BCUT2D eigenvalue weighted by Crippen LogP contribution is -2.38. The molecule has 1 N–H and O–H groups in total. The molecule has 0 spiro atoms. The summed E-state index contributed by atoms with van der Waals surface area (Å²) in [5.74, 6) is 0.388. The number of likely N-dealkylation sites (N-methyl/N-ethyl adjacent to an activating group) is 1. The lowest BCUT2D eigenvalue weighted by Gasteiger charge is -2.27. The van der Waals surface area contributed by atoms with Crippen LogP contribution in [0, 0.1) is 5.92 Å². The molecule has 6 heteroatoms. The molecule has 2 rings (SSSR count). The molecule has 0 unspecified atom stereocenters. The summed E-state index contributed by atoms with van der Waals surface area (Å²) in [6, 6.07) is 7.39. The number of carbonyl (C=O) groups excluding carboxylic acids is 2. The van der Waals surface area contributed by atoms with Gasteiger partial charge in [-0.3, -0.25) is 9.59 Å². The Balaban J connectivity index is 2.18. The molecule has 1 heterocycles. The van der Waals surface area contributed by atoms with Crippen LogP contribution in [0.25, 0.3) is 0 Å². The maximum Gasteiger partial charge on any atom is 0.226 e. The van der Waals surface area contributed by atoms with Crippen molar-refractivity contribution in [1.29, 1.82) is 0 Å². The average molecular weight is 333 g/mol. The van der Waals surface area contributed by atoms with Crippen molar-refractivity contribution in [2.24, 2.45) is 5.92 Å². The highest BCUT2D eigenvalue weighted by atomic mass is 16.5. The third-order valence-electron chi connectivity index (χ3n) is 4.42. The van der Waals surface area contributed by atoms with E-state index < -0.39 is 0 Å². The van der Waals surface area contributed by atoms with Gasteiger partial charge in [-0.25, -0.2) is 0 Å². The molecule has 24 heavy (non-hydrogen) atoms. The van der Waals surface area contributed by atoms with E-state index in [0.29, 0.717) is 13.1 Å². The highest BCUT2D eigenvalue weighted by Crippen LogP contribution is 2.38. The third-order valence-corrected chi connectivity index (χ3v) is 4.42. The Morgan fingerprint density at radius 2 is 2.00 bits per heavy atom. The molecular formula is C18H27N3O3. The number of methoxy groups -OCH3 is 1. The van der Waals surface area contributed by atoms with E-state index in [9.17, 15) is 9.59 Å². The topological polar surface area (TPSA) is 61.9 Å². The van der Waals surface area contributed by atoms with E-state index in [2.05, 4.69) is 5.32 Å². The molecule has 132 valence electrons. The Bertz CT molecular complexity index is 571. The number of likely N-dealkylation sites (tertiary alicyclic amines) is 1. The standard InChI is InChI=1S/C18H27N3O3/c1-5-21-16(22)12-15(18(23)19-10-11-20(2)3)17(21)13-6-8-14(24-4)9-7-13/h6-9,15,17H,5,10-12H2,1-4H3,(H,19,23)/t15-,17+/m1/s1. The molecule has 6 nitrogen and oxygen atoms in total. The number of hydrogen-bond donors (Lipinski definition) is 1. The van der Waals surface area contributed by atoms with E-state index in [1.807, 2.05) is 50.2 Å². The molecule has 1 saturated heterocycles. The Kier molecular flexibility index (Phi) is 6.20. The maximum atomic E-state index is 12.6. The summed E-state index contributed by atoms with van der Waals surface area (Å²) in [6.45, 7) is 3.90. The fourth-order valence-corrected chi connectivity index (χ4v) is 3.15. The van der Waals surface area contributed by atoms with Gasteiger partial charge < -0.3 is 19.9 Å². The van der Waals surface area contributed by atoms with Crippen molar-refractivity contribution in [3.8, 4) is 5.75 Å². The zero-order chi connectivity index (χ0) is 17.7. The summed E-state index contributed by atoms with van der Waals surface area (Å²) in [5, 5.41) is 2.96. The second-order valence-corrected chi connectivity index (χ2v) is 6.30. The maximum absolute atomic E-state index is 12.6. The molecular weight excluding hydrogens is 306 g/mol. The molecule has 0 bridgehead atoms. The largest absolute Gasteiger partial charge is 0.497 e. The van der Waals surface area contributed by atoms with Gasteiger partial charge in [-0.2, -0.15) is 0 Å². The highest BCUT2D eigenvalue weighted by molar-refractivity contribution is 5.90. The van der Waals surface area contributed by atoms with Crippen LogP contribution >= 0.6 is 0 Å². The number of benzene rings is 1. The molecule has 2 amide bonds. The van der Waals surface area contributed by atoms with E-state index in [0.717, 1.165) is 17.9 Å². The first-order valence-corrected chi connectivity index (χ1v) is 8.33. The Labute approximate surface area is 143 Å². The molecule has 2 atom stereocenters. The molecule has 0 aliphatic carbocycles. The normalized spacial score (nSPS) is 20.5. The van der Waals surface area contributed by atoms with Crippen molar-refractivity contribution >= 4 is 11.8 Å². The van der Waals surface area contributed by atoms with Crippen LogP contribution in [-0.2, 0) is 9.59 Å². The van der Waals surface area contributed by atoms with Gasteiger partial charge in [-0.05, 0) is 38.7 Å². The van der Waals surface area contributed by atoms with Gasteiger partial charge in [0, 0.05) is 26.1 Å². The minimum absolute atomic E-state index is 0.0334. The van der Waals surface area contributed by atoms with Crippen LogP contribution in [0.3, 0.4) is 0 Å². The zero-order valence-electron chi connectivity index (χ0n) is 14.9. The van der Waals surface area contributed by atoms with Crippen LogP contribution < -0.4 is 10.1 Å². The quantitative estimate of drug-likeness (QED) is 0.817. The van der Waals surface area contributed by atoms with Crippen LogP contribution in [0.1, 0.15) is 24.9 Å². The summed E-state index contributed by atoms with van der Waals surface area (Å²) < 4.78 is 5.19. The summed E-state index contributed by atoms with van der Waals surface area (Å²) in [7, 11) is 5.54. The zero-order valence-corrected chi connectivity index (χ0v) is 14.9. The van der Waals surface area contributed by atoms with Crippen LogP contribution in [-0.4, -0.2) is 62.5 Å². The van der Waals surface area contributed by atoms with E-state index in [4.69, 9.17) is 4.74 Å². The average Bonchev–Trinajstić information content (AvgIpc) is 2.91. The minimum Gasteiger partial charge on any atom is -0.497 e. The van der Waals surface area contributed by atoms with Crippen molar-refractivity contribution in [1.82, 2.24) is 15.1 Å². The van der Waals surface area contributed by atoms with Gasteiger partial charge in [-0.15, -0.1) is 0 Å². The van der Waals surface area contributed by atoms with E-state index >= 15 is 0 Å². The fourth-order valence-electron chi connectivity index (χ4n) is 3.15. The number of carbonyl (C=O) groups is 2. The summed E-state index contributed by atoms with van der Waals surface area (Å²) >= 11 is 0. The first-order chi connectivity index (χ1) is 11.5. The van der Waals surface area contributed by atoms with Crippen LogP contribution in [0.2, 0.25) is 0 Å². The van der Waals surface area contributed by atoms with Gasteiger partial charge in [0.2, 0.25) is 11.8 Å². The summed E-state index contributed by atoms with van der Waals surface area (Å²) in [6.07, 6.45) is 0.262. The van der Waals surface area contributed by atoms with Gasteiger partial charge in [-0.1, -0.05) is 12.1 Å². The highest BCUT2D eigenvalue weighted by Gasteiger charge is 2.43. The van der Waals surface area contributed by atoms with Gasteiger partial charge >= 0.3 is 0 Å². The Morgan fingerprint density at radius 1 is 1.33 bits per heavy atom. The first kappa shape index (κ1) is 18.3. The predicted octanol–water partition coefficient (Wildman–Crippen LogP) is 1.28. The number of nitrogens with one attached hydrogen (secondary N) is 1. The third kappa shape index (κ3) is 4.06. The molecule has 1 aliphatic rings. The van der Waals surface area contributed by atoms with Crippen molar-refractivity contribution < 1.29 is 14.3 Å². The summed E-state index contributed by atoms with van der Waals surface area (Å²) in [5.41, 5.74) is 0.969. The number of ether oxygens (including phenoxy) is 1. The van der Waals surface area contributed by atoms with Gasteiger partial charge in [0.05, 0.1) is 19.1 Å². The van der Waals surface area contributed by atoms with Crippen LogP contribution in [0.4, 0.5) is 0 Å². The molecule has 1 fully saturated rings. The molecule has 1 aromatic rings. The second kappa shape index (κ2) is 8.15. The van der Waals surface area contributed by atoms with Crippen molar-refractivity contribution in [3.63, 3.8) is 0 Å². The Morgan fingerprint density at radius 3 is 2.54 bits per heavy atom. The predicted molar refractivity (Wildman–Crippen MR) is 92.8 cm³/mol. The van der Waals surface area contributed by atoms with E-state index in [1.54, 1.807) is 12.0 Å². The first-order valence-electron chi connectivity index (χ1n) is 8.33. The number of rotatable bonds is 7. The van der Waals surface area contributed by atoms with Crippen molar-refractivity contribution in [2.45, 2.75) is 19.4 Å². The fraction of sp³-hybridized carbons (Fsp3) is 0.556. The molecule has 0 radical (unpaired) electrons. The monoisotopic (exact) mass is 333 g/mol. The van der Waals surface area contributed by atoms with Gasteiger partial charge in [0.25, 0.3) is 0 Å². The molecule has 1 aliphatic heterocycles. The molecule has 1 aromatic carbocycles. The van der Waals surface area contributed by atoms with Gasteiger partial charge in [0.15, 0.2) is 0 Å². The SMILES string of the molecule is CCN1C(=O)C[C@@H](C(=O)NCCN(C)C)[C@@H]1c1ccc(OC)cc1. The van der Waals surface area contributed by atoms with Crippen LogP contribution in [0.5, 0.6) is 5.75 Å². The molecule has 0 saturated carbocycles. The molecule has 0 aromatic heterocycles. The van der Waals surface area contributed by atoms with Crippen molar-refractivity contribution in [2.75, 3.05) is 40.8 Å². The van der Waals surface area contributed by atoms with E-state index in [1.165, 1.54) is 0 Å². The lowest BCUT2D eigenvalue weighted by molar-refractivity contribution is -0.129. The van der Waals surface area contributed by atoms with Crippen LogP contribution in [0.15, 0.2) is 24.3 Å². The minimum atomic E-state index is -0.354. The van der Waals surface area contributed by atoms with Gasteiger partial charge in [0.1, 0.15) is 5.75 Å². The Hall–Kier alpha value is -2.08. The summed E-state index contributed by atoms with van der Waals surface area (Å²) in [4.78, 5) is 28.7.